The molecule has 19 heavy (non-hydrogen) atoms. The first kappa shape index (κ1) is 12.4. The minimum Gasteiger partial charge on any atom is -0.328 e. The number of amides is 2. The van der Waals surface area contributed by atoms with Gasteiger partial charge in [0.05, 0.1) is 11.3 Å². The molecule has 2 aliphatic rings. The average Bonchev–Trinajstić information content (AvgIpc) is 2.46. The lowest BCUT2D eigenvalue weighted by molar-refractivity contribution is -0.121. The van der Waals surface area contributed by atoms with Gasteiger partial charge in [-0.15, -0.1) is 0 Å². The number of carbonyl (C=O) groups is 2. The Morgan fingerprint density at radius 3 is 2.95 bits per heavy atom. The molecule has 0 aliphatic carbocycles. The number of benzene rings is 1. The smallest absolute Gasteiger partial charge is 0.256 e. The van der Waals surface area contributed by atoms with Gasteiger partial charge in [0.2, 0.25) is 5.91 Å². The molecule has 0 radical (unpaired) electrons. The molecule has 5 nitrogen and oxygen atoms in total. The van der Waals surface area contributed by atoms with Gasteiger partial charge in [-0.1, -0.05) is 11.6 Å². The van der Waals surface area contributed by atoms with E-state index < -0.39 is 6.04 Å². The summed E-state index contributed by atoms with van der Waals surface area (Å²) in [5.41, 5.74) is 6.85. The largest absolute Gasteiger partial charge is 0.328 e. The maximum Gasteiger partial charge on any atom is 0.256 e. The van der Waals surface area contributed by atoms with Crippen LogP contribution in [0, 0.1) is 0 Å². The minimum atomic E-state index is -0.484. The summed E-state index contributed by atoms with van der Waals surface area (Å²) < 4.78 is 0. The molecular weight excluding hydrogens is 266 g/mol. The van der Waals surface area contributed by atoms with Gasteiger partial charge in [0.15, 0.2) is 0 Å². The quantitative estimate of drug-likeness (QED) is 0.750. The molecule has 0 unspecified atom stereocenters. The van der Waals surface area contributed by atoms with Crippen molar-refractivity contribution < 1.29 is 9.59 Å². The van der Waals surface area contributed by atoms with E-state index in [4.69, 9.17) is 17.3 Å². The number of anilines is 1. The van der Waals surface area contributed by atoms with Crippen LogP contribution in [0.4, 0.5) is 5.69 Å². The molecule has 0 saturated carbocycles. The number of piperidine rings is 1. The third-order valence-corrected chi connectivity index (χ3v) is 3.91. The molecule has 2 atom stereocenters. The van der Waals surface area contributed by atoms with Crippen molar-refractivity contribution in [1.29, 1.82) is 0 Å². The number of nitrogens with zero attached hydrogens (tertiary/aromatic N) is 1. The van der Waals surface area contributed by atoms with E-state index in [1.165, 1.54) is 0 Å². The predicted octanol–water partition coefficient (Wildman–Crippen LogP) is 1.22. The second-order valence-corrected chi connectivity index (χ2v) is 5.41. The van der Waals surface area contributed by atoms with Crippen LogP contribution in [0.5, 0.6) is 0 Å². The van der Waals surface area contributed by atoms with Gasteiger partial charge in [-0.25, -0.2) is 0 Å². The zero-order chi connectivity index (χ0) is 13.6. The first-order valence-electron chi connectivity index (χ1n) is 6.23. The fourth-order valence-electron chi connectivity index (χ4n) is 2.66. The van der Waals surface area contributed by atoms with Crippen molar-refractivity contribution in [1.82, 2.24) is 4.90 Å². The summed E-state index contributed by atoms with van der Waals surface area (Å²) in [5.74, 6) is -0.327. The summed E-state index contributed by atoms with van der Waals surface area (Å²) in [6.45, 7) is 0.514. The number of nitrogens with one attached hydrogen (secondary N) is 1. The number of halogens is 1. The van der Waals surface area contributed by atoms with Crippen molar-refractivity contribution in [2.75, 3.05) is 11.9 Å². The zero-order valence-corrected chi connectivity index (χ0v) is 11.0. The van der Waals surface area contributed by atoms with Gasteiger partial charge in [0, 0.05) is 17.6 Å². The minimum absolute atomic E-state index is 0.0374. The van der Waals surface area contributed by atoms with Crippen molar-refractivity contribution in [3.63, 3.8) is 0 Å². The molecule has 100 valence electrons. The van der Waals surface area contributed by atoms with Crippen molar-refractivity contribution in [2.45, 2.75) is 24.9 Å². The molecule has 3 rings (SSSR count). The summed E-state index contributed by atoms with van der Waals surface area (Å²) in [4.78, 5) is 26.3. The summed E-state index contributed by atoms with van der Waals surface area (Å²) in [5, 5.41) is 3.26. The number of nitrogens with two attached hydrogens (primary N) is 1. The highest BCUT2D eigenvalue weighted by Gasteiger charge is 2.38. The van der Waals surface area contributed by atoms with Crippen LogP contribution in [-0.2, 0) is 4.79 Å². The maximum absolute atomic E-state index is 12.5. The van der Waals surface area contributed by atoms with Crippen molar-refractivity contribution in [3.05, 3.63) is 28.8 Å². The van der Waals surface area contributed by atoms with E-state index in [0.29, 0.717) is 29.2 Å². The Morgan fingerprint density at radius 1 is 1.37 bits per heavy atom. The SMILES string of the molecule is N[C@H]1CCN2C(=O)c3ccc(Cl)cc3NC(=O)[C@@H]2C1. The van der Waals surface area contributed by atoms with E-state index in [1.807, 2.05) is 0 Å². The first-order valence-corrected chi connectivity index (χ1v) is 6.61. The summed E-state index contributed by atoms with van der Waals surface area (Å²) >= 11 is 5.91. The van der Waals surface area contributed by atoms with Gasteiger partial charge >= 0.3 is 0 Å². The van der Waals surface area contributed by atoms with E-state index in [9.17, 15) is 9.59 Å². The molecule has 1 aromatic carbocycles. The number of hydrogen-bond acceptors (Lipinski definition) is 3. The van der Waals surface area contributed by atoms with E-state index in [1.54, 1.807) is 23.1 Å². The van der Waals surface area contributed by atoms with Gasteiger partial charge in [0.1, 0.15) is 6.04 Å². The molecule has 0 spiro atoms. The Balaban J connectivity index is 2.05. The van der Waals surface area contributed by atoms with E-state index >= 15 is 0 Å². The van der Waals surface area contributed by atoms with Gasteiger partial charge in [-0.3, -0.25) is 9.59 Å². The highest BCUT2D eigenvalue weighted by Crippen LogP contribution is 2.29. The molecule has 2 amide bonds. The Morgan fingerprint density at radius 2 is 2.16 bits per heavy atom. The van der Waals surface area contributed by atoms with Crippen molar-refractivity contribution in [2.24, 2.45) is 5.73 Å². The van der Waals surface area contributed by atoms with Gasteiger partial charge in [0.25, 0.3) is 5.91 Å². The van der Waals surface area contributed by atoms with Crippen LogP contribution in [0.1, 0.15) is 23.2 Å². The van der Waals surface area contributed by atoms with Crippen molar-refractivity contribution >= 4 is 29.1 Å². The fourth-order valence-corrected chi connectivity index (χ4v) is 2.83. The maximum atomic E-state index is 12.5. The third-order valence-electron chi connectivity index (χ3n) is 3.68. The van der Waals surface area contributed by atoms with Crippen LogP contribution in [0.25, 0.3) is 0 Å². The van der Waals surface area contributed by atoms with Gasteiger partial charge < -0.3 is 16.0 Å². The predicted molar refractivity (Wildman–Crippen MR) is 72.1 cm³/mol. The summed E-state index contributed by atoms with van der Waals surface area (Å²) in [6.07, 6.45) is 1.22. The topological polar surface area (TPSA) is 75.4 Å². The standard InChI is InChI=1S/C13H14ClN3O2/c14-7-1-2-9-10(5-7)16-12(18)11-6-8(15)3-4-17(11)13(9)19/h1-2,5,8,11H,3-4,6,15H2,(H,16,18)/t8-,11-/m0/s1. The molecule has 1 saturated heterocycles. The van der Waals surface area contributed by atoms with Gasteiger partial charge in [-0.2, -0.15) is 0 Å². The van der Waals surface area contributed by atoms with Gasteiger partial charge in [-0.05, 0) is 31.0 Å². The molecule has 2 aliphatic heterocycles. The van der Waals surface area contributed by atoms with Crippen LogP contribution in [-0.4, -0.2) is 35.3 Å². The summed E-state index contributed by atoms with van der Waals surface area (Å²) in [7, 11) is 0. The highest BCUT2D eigenvalue weighted by atomic mass is 35.5. The normalized spacial score (nSPS) is 26.3. The summed E-state index contributed by atoms with van der Waals surface area (Å²) in [6, 6.07) is 4.38. The second-order valence-electron chi connectivity index (χ2n) is 4.98. The van der Waals surface area contributed by atoms with Crippen LogP contribution in [0.2, 0.25) is 5.02 Å². The monoisotopic (exact) mass is 279 g/mol. The molecule has 1 aromatic rings. The fraction of sp³-hybridized carbons (Fsp3) is 0.385. The van der Waals surface area contributed by atoms with Crippen molar-refractivity contribution in [3.8, 4) is 0 Å². The molecule has 1 fully saturated rings. The molecule has 2 heterocycles. The van der Waals surface area contributed by atoms with E-state index in [2.05, 4.69) is 5.32 Å². The number of rotatable bonds is 0. The highest BCUT2D eigenvalue weighted by molar-refractivity contribution is 6.31. The number of hydrogen-bond donors (Lipinski definition) is 2. The Kier molecular flexibility index (Phi) is 2.95. The molecular formula is C13H14ClN3O2. The molecule has 0 bridgehead atoms. The van der Waals surface area contributed by atoms with Crippen LogP contribution in [0.3, 0.4) is 0 Å². The average molecular weight is 280 g/mol. The number of carbonyl (C=O) groups excluding carboxylic acids is 2. The lowest BCUT2D eigenvalue weighted by atomic mass is 9.97. The lowest BCUT2D eigenvalue weighted by Crippen LogP contribution is -2.53. The molecule has 3 N–H and O–H groups in total. The first-order chi connectivity index (χ1) is 9.06. The molecule has 0 aromatic heterocycles. The van der Waals surface area contributed by atoms with E-state index in [-0.39, 0.29) is 17.9 Å². The second kappa shape index (κ2) is 4.51. The Hall–Kier alpha value is -1.59. The third kappa shape index (κ3) is 2.09. The number of fused-ring (bicyclic) bond motifs is 2. The van der Waals surface area contributed by atoms with Crippen LogP contribution < -0.4 is 11.1 Å². The lowest BCUT2D eigenvalue weighted by Gasteiger charge is -2.35. The van der Waals surface area contributed by atoms with E-state index in [0.717, 1.165) is 6.42 Å². The molecule has 6 heteroatoms. The van der Waals surface area contributed by atoms with Crippen LogP contribution in [0.15, 0.2) is 18.2 Å². The van der Waals surface area contributed by atoms with Crippen LogP contribution >= 0.6 is 11.6 Å². The Labute approximate surface area is 115 Å². The Bertz CT molecular complexity index is 561. The zero-order valence-electron chi connectivity index (χ0n) is 10.2.